The number of rotatable bonds is 6. The summed E-state index contributed by atoms with van der Waals surface area (Å²) in [5, 5.41) is 6.34. The lowest BCUT2D eigenvalue weighted by atomic mass is 9.95. The number of hydrogen-bond donors (Lipinski definition) is 2. The number of benzene rings is 1. The highest BCUT2D eigenvalue weighted by molar-refractivity contribution is 5.85. The lowest BCUT2D eigenvalue weighted by molar-refractivity contribution is -0.121. The average molecular weight is 329 g/mol. The van der Waals surface area contributed by atoms with E-state index in [1.54, 1.807) is 12.1 Å². The summed E-state index contributed by atoms with van der Waals surface area (Å²) in [7, 11) is 0. The first-order valence-electron chi connectivity index (χ1n) is 7.88. The molecule has 0 saturated carbocycles. The van der Waals surface area contributed by atoms with Gasteiger partial charge >= 0.3 is 0 Å². The molecule has 1 aliphatic rings. The Bertz CT molecular complexity index is 464. The van der Waals surface area contributed by atoms with E-state index in [0.29, 0.717) is 17.9 Å². The summed E-state index contributed by atoms with van der Waals surface area (Å²) >= 11 is 0. The molecule has 0 aliphatic carbocycles. The van der Waals surface area contributed by atoms with Crippen LogP contribution in [-0.2, 0) is 4.79 Å². The van der Waals surface area contributed by atoms with Crippen LogP contribution < -0.4 is 10.6 Å². The maximum absolute atomic E-state index is 13.6. The lowest BCUT2D eigenvalue weighted by Gasteiger charge is -2.22. The van der Waals surface area contributed by atoms with Crippen LogP contribution in [-0.4, -0.2) is 25.5 Å². The summed E-state index contributed by atoms with van der Waals surface area (Å²) in [6, 6.07) is 6.67. The third-order valence-electron chi connectivity index (χ3n) is 4.20. The third-order valence-corrected chi connectivity index (χ3v) is 4.20. The van der Waals surface area contributed by atoms with Gasteiger partial charge in [0.05, 0.1) is 0 Å². The minimum atomic E-state index is -0.230. The lowest BCUT2D eigenvalue weighted by Crippen LogP contribution is -2.33. The fourth-order valence-electron chi connectivity index (χ4n) is 2.92. The molecule has 2 N–H and O–H groups in total. The van der Waals surface area contributed by atoms with Gasteiger partial charge in [0.25, 0.3) is 0 Å². The molecule has 2 atom stereocenters. The van der Waals surface area contributed by atoms with Crippen LogP contribution in [0, 0.1) is 11.7 Å². The van der Waals surface area contributed by atoms with E-state index in [1.165, 1.54) is 18.9 Å². The molecule has 2 rings (SSSR count). The Morgan fingerprint density at radius 2 is 2.23 bits per heavy atom. The molecular weight excluding hydrogens is 303 g/mol. The predicted octanol–water partition coefficient (Wildman–Crippen LogP) is 3.25. The van der Waals surface area contributed by atoms with Crippen molar-refractivity contribution in [2.45, 2.75) is 38.5 Å². The predicted molar refractivity (Wildman–Crippen MR) is 89.9 cm³/mol. The van der Waals surface area contributed by atoms with E-state index >= 15 is 0 Å². The minimum absolute atomic E-state index is 0. The molecule has 22 heavy (non-hydrogen) atoms. The zero-order valence-electron chi connectivity index (χ0n) is 13.1. The maximum atomic E-state index is 13.6. The summed E-state index contributed by atoms with van der Waals surface area (Å²) in [4.78, 5) is 11.9. The Morgan fingerprint density at radius 1 is 1.45 bits per heavy atom. The molecule has 2 unspecified atom stereocenters. The summed E-state index contributed by atoms with van der Waals surface area (Å²) in [5.41, 5.74) is 0.615. The van der Waals surface area contributed by atoms with Gasteiger partial charge in [-0.15, -0.1) is 12.4 Å². The van der Waals surface area contributed by atoms with Crippen LogP contribution in [0.3, 0.4) is 0 Å². The van der Waals surface area contributed by atoms with Gasteiger partial charge in [-0.3, -0.25) is 4.79 Å². The molecule has 1 saturated heterocycles. The normalized spacial score (nSPS) is 19.1. The molecule has 3 nitrogen and oxygen atoms in total. The van der Waals surface area contributed by atoms with Gasteiger partial charge in [0.1, 0.15) is 5.82 Å². The third kappa shape index (κ3) is 5.93. The van der Waals surface area contributed by atoms with Gasteiger partial charge in [-0.1, -0.05) is 25.1 Å². The first-order valence-corrected chi connectivity index (χ1v) is 7.88. The monoisotopic (exact) mass is 328 g/mol. The van der Waals surface area contributed by atoms with Crippen molar-refractivity contribution in [3.8, 4) is 0 Å². The zero-order chi connectivity index (χ0) is 15.1. The molecule has 0 spiro atoms. The molecule has 1 aliphatic heterocycles. The van der Waals surface area contributed by atoms with Crippen LogP contribution in [0.25, 0.3) is 0 Å². The number of amides is 1. The first kappa shape index (κ1) is 18.9. The maximum Gasteiger partial charge on any atom is 0.220 e. The van der Waals surface area contributed by atoms with Crippen molar-refractivity contribution in [3.05, 3.63) is 35.6 Å². The van der Waals surface area contributed by atoms with Crippen LogP contribution in [0.4, 0.5) is 4.39 Å². The fourth-order valence-corrected chi connectivity index (χ4v) is 2.92. The Kier molecular flexibility index (Phi) is 8.43. The Labute approximate surface area is 138 Å². The molecule has 0 bridgehead atoms. The smallest absolute Gasteiger partial charge is 0.220 e. The van der Waals surface area contributed by atoms with E-state index < -0.39 is 0 Å². The average Bonchev–Trinajstić information content (AvgIpc) is 2.48. The van der Waals surface area contributed by atoms with E-state index in [2.05, 4.69) is 10.6 Å². The van der Waals surface area contributed by atoms with E-state index in [9.17, 15) is 9.18 Å². The highest BCUT2D eigenvalue weighted by atomic mass is 35.5. The van der Waals surface area contributed by atoms with Gasteiger partial charge in [-0.2, -0.15) is 0 Å². The summed E-state index contributed by atoms with van der Waals surface area (Å²) in [5.74, 6) is 0.353. The molecule has 5 heteroatoms. The fraction of sp³-hybridized carbons (Fsp3) is 0.588. The molecule has 1 aromatic carbocycles. The van der Waals surface area contributed by atoms with Crippen molar-refractivity contribution in [1.29, 1.82) is 0 Å². The molecule has 1 aromatic rings. The Morgan fingerprint density at radius 3 is 2.91 bits per heavy atom. The number of carbonyl (C=O) groups excluding carboxylic acids is 1. The Balaban J connectivity index is 0.00000242. The number of hydrogen-bond acceptors (Lipinski definition) is 2. The number of nitrogens with one attached hydrogen (secondary N) is 2. The second-order valence-corrected chi connectivity index (χ2v) is 5.98. The summed E-state index contributed by atoms with van der Waals surface area (Å²) in [6.45, 7) is 4.78. The largest absolute Gasteiger partial charge is 0.356 e. The van der Waals surface area contributed by atoms with E-state index in [-0.39, 0.29) is 30.0 Å². The van der Waals surface area contributed by atoms with Gasteiger partial charge in [-0.25, -0.2) is 4.39 Å². The van der Waals surface area contributed by atoms with Crippen molar-refractivity contribution in [1.82, 2.24) is 10.6 Å². The zero-order valence-corrected chi connectivity index (χ0v) is 13.9. The molecule has 1 heterocycles. The SMILES string of the molecule is CC(CC(=O)NCCC1CCCNC1)c1ccccc1F.Cl. The highest BCUT2D eigenvalue weighted by Crippen LogP contribution is 2.21. The Hall–Kier alpha value is -1.13. The standard InChI is InChI=1S/C17H25FN2O.ClH/c1-13(15-6-2-3-7-16(15)18)11-17(21)20-10-8-14-5-4-9-19-12-14;/h2-3,6-7,13-14,19H,4-5,8-12H2,1H3,(H,20,21);1H. The number of halogens is 2. The molecule has 1 amide bonds. The second-order valence-electron chi connectivity index (χ2n) is 5.98. The van der Waals surface area contributed by atoms with Crippen LogP contribution in [0.5, 0.6) is 0 Å². The minimum Gasteiger partial charge on any atom is -0.356 e. The van der Waals surface area contributed by atoms with Gasteiger partial charge in [0, 0.05) is 13.0 Å². The van der Waals surface area contributed by atoms with Crippen molar-refractivity contribution in [2.75, 3.05) is 19.6 Å². The van der Waals surface area contributed by atoms with Crippen molar-refractivity contribution < 1.29 is 9.18 Å². The van der Waals surface area contributed by atoms with Crippen molar-refractivity contribution >= 4 is 18.3 Å². The number of carbonyl (C=O) groups is 1. The topological polar surface area (TPSA) is 41.1 Å². The second kappa shape index (κ2) is 9.80. The molecule has 124 valence electrons. The van der Waals surface area contributed by atoms with Crippen LogP contribution >= 0.6 is 12.4 Å². The van der Waals surface area contributed by atoms with E-state index in [4.69, 9.17) is 0 Å². The molecule has 0 radical (unpaired) electrons. The van der Waals surface area contributed by atoms with E-state index in [0.717, 1.165) is 26.1 Å². The summed E-state index contributed by atoms with van der Waals surface area (Å²) < 4.78 is 13.6. The van der Waals surface area contributed by atoms with Gasteiger partial charge in [-0.05, 0) is 55.8 Å². The van der Waals surface area contributed by atoms with Crippen LogP contribution in [0.2, 0.25) is 0 Å². The summed E-state index contributed by atoms with van der Waals surface area (Å²) in [6.07, 6.45) is 3.83. The number of piperidine rings is 1. The van der Waals surface area contributed by atoms with Gasteiger partial charge in [0.2, 0.25) is 5.91 Å². The van der Waals surface area contributed by atoms with Crippen molar-refractivity contribution in [3.63, 3.8) is 0 Å². The first-order chi connectivity index (χ1) is 10.2. The highest BCUT2D eigenvalue weighted by Gasteiger charge is 2.16. The molecule has 1 fully saturated rings. The van der Waals surface area contributed by atoms with Crippen LogP contribution in [0.1, 0.15) is 44.1 Å². The van der Waals surface area contributed by atoms with Gasteiger partial charge < -0.3 is 10.6 Å². The van der Waals surface area contributed by atoms with Gasteiger partial charge in [0.15, 0.2) is 0 Å². The quantitative estimate of drug-likeness (QED) is 0.841. The van der Waals surface area contributed by atoms with Crippen LogP contribution in [0.15, 0.2) is 24.3 Å². The molecule has 0 aromatic heterocycles. The van der Waals surface area contributed by atoms with Crippen molar-refractivity contribution in [2.24, 2.45) is 5.92 Å². The molecular formula is C17H26ClFN2O. The van der Waals surface area contributed by atoms with E-state index in [1.807, 2.05) is 13.0 Å².